The predicted molar refractivity (Wildman–Crippen MR) is 130 cm³/mol. The first-order valence-electron chi connectivity index (χ1n) is 11.5. The Morgan fingerprint density at radius 2 is 2.03 bits per heavy atom. The molecule has 0 radical (unpaired) electrons. The maximum Gasteiger partial charge on any atom is 0.410 e. The van der Waals surface area contributed by atoms with Gasteiger partial charge in [0.05, 0.1) is 5.02 Å². The lowest BCUT2D eigenvalue weighted by molar-refractivity contribution is -0.135. The van der Waals surface area contributed by atoms with Crippen LogP contribution in [0.3, 0.4) is 0 Å². The molecule has 1 atom stereocenters. The van der Waals surface area contributed by atoms with E-state index >= 15 is 0 Å². The number of carbonyl (C=O) groups is 2. The Kier molecular flexibility index (Phi) is 8.05. The first-order chi connectivity index (χ1) is 15.5. The van der Waals surface area contributed by atoms with Gasteiger partial charge >= 0.3 is 6.09 Å². The molecule has 1 aliphatic rings. The average molecular weight is 476 g/mol. The van der Waals surface area contributed by atoms with Crippen LogP contribution < -0.4 is 4.74 Å². The van der Waals surface area contributed by atoms with Crippen LogP contribution in [0, 0.1) is 5.92 Å². The molecule has 0 saturated carbocycles. The number of benzene rings is 1. The second kappa shape index (κ2) is 10.6. The van der Waals surface area contributed by atoms with Crippen LogP contribution in [0.1, 0.15) is 47.5 Å². The van der Waals surface area contributed by atoms with Crippen LogP contribution in [0.4, 0.5) is 4.79 Å². The zero-order chi connectivity index (χ0) is 24.2. The number of halogens is 1. The SMILES string of the molecule is CC(C)N(CC1CCCN(C(=O)COc2ccc(Cl)c3cccnc23)C1)C(=O)OC(C)(C)C. The topological polar surface area (TPSA) is 72.0 Å². The van der Waals surface area contributed by atoms with Crippen molar-refractivity contribution in [1.29, 1.82) is 0 Å². The number of ether oxygens (including phenoxy) is 2. The number of aromatic nitrogens is 1. The minimum Gasteiger partial charge on any atom is -0.481 e. The molecule has 180 valence electrons. The van der Waals surface area contributed by atoms with Crippen LogP contribution in [0.15, 0.2) is 30.5 Å². The first-order valence-corrected chi connectivity index (χ1v) is 11.9. The van der Waals surface area contributed by atoms with Crippen molar-refractivity contribution in [2.24, 2.45) is 5.92 Å². The molecule has 2 heterocycles. The third-order valence-electron chi connectivity index (χ3n) is 5.61. The van der Waals surface area contributed by atoms with Gasteiger partial charge < -0.3 is 19.3 Å². The molecule has 1 aromatic carbocycles. The van der Waals surface area contributed by atoms with E-state index in [1.54, 1.807) is 23.2 Å². The van der Waals surface area contributed by atoms with E-state index in [1.165, 1.54) is 0 Å². The fourth-order valence-corrected chi connectivity index (χ4v) is 4.21. The van der Waals surface area contributed by atoms with Gasteiger partial charge in [-0.1, -0.05) is 11.6 Å². The number of hydrogen-bond acceptors (Lipinski definition) is 5. The summed E-state index contributed by atoms with van der Waals surface area (Å²) < 4.78 is 11.4. The van der Waals surface area contributed by atoms with Crippen molar-refractivity contribution in [1.82, 2.24) is 14.8 Å². The Morgan fingerprint density at radius 3 is 2.73 bits per heavy atom. The molecule has 2 aromatic rings. The van der Waals surface area contributed by atoms with E-state index in [0.717, 1.165) is 18.2 Å². The van der Waals surface area contributed by atoms with Crippen LogP contribution in [0.2, 0.25) is 5.02 Å². The summed E-state index contributed by atoms with van der Waals surface area (Å²) in [6, 6.07) is 7.19. The summed E-state index contributed by atoms with van der Waals surface area (Å²) in [6.07, 6.45) is 3.21. The molecular weight excluding hydrogens is 442 g/mol. The van der Waals surface area contributed by atoms with Gasteiger partial charge in [0.1, 0.15) is 16.9 Å². The molecule has 1 unspecified atom stereocenters. The summed E-state index contributed by atoms with van der Waals surface area (Å²) in [5.41, 5.74) is 0.0934. The zero-order valence-electron chi connectivity index (χ0n) is 20.1. The van der Waals surface area contributed by atoms with Crippen LogP contribution in [0.25, 0.3) is 10.9 Å². The van der Waals surface area contributed by atoms with Crippen LogP contribution in [0.5, 0.6) is 5.75 Å². The molecule has 1 fully saturated rings. The second-order valence-corrected chi connectivity index (χ2v) is 10.2. The lowest BCUT2D eigenvalue weighted by Gasteiger charge is -2.37. The van der Waals surface area contributed by atoms with Gasteiger partial charge in [0.2, 0.25) is 0 Å². The van der Waals surface area contributed by atoms with E-state index in [2.05, 4.69) is 4.98 Å². The highest BCUT2D eigenvalue weighted by Crippen LogP contribution is 2.29. The lowest BCUT2D eigenvalue weighted by atomic mass is 9.97. The minimum atomic E-state index is -0.545. The van der Waals surface area contributed by atoms with Gasteiger partial charge in [-0.15, -0.1) is 0 Å². The highest BCUT2D eigenvalue weighted by atomic mass is 35.5. The van der Waals surface area contributed by atoms with E-state index in [-0.39, 0.29) is 30.6 Å². The number of nitrogens with zero attached hydrogens (tertiary/aromatic N) is 3. The van der Waals surface area contributed by atoms with Gasteiger partial charge in [-0.2, -0.15) is 0 Å². The van der Waals surface area contributed by atoms with Gasteiger partial charge in [0.25, 0.3) is 5.91 Å². The number of pyridine rings is 1. The number of fused-ring (bicyclic) bond motifs is 1. The molecule has 1 saturated heterocycles. The van der Waals surface area contributed by atoms with E-state index in [1.807, 2.05) is 51.7 Å². The number of piperidine rings is 1. The summed E-state index contributed by atoms with van der Waals surface area (Å²) in [7, 11) is 0. The van der Waals surface area contributed by atoms with Crippen molar-refractivity contribution in [3.63, 3.8) is 0 Å². The standard InChI is InChI=1S/C25H34ClN3O4/c1-17(2)29(24(31)33-25(3,4)5)15-18-8-7-13-28(14-18)22(30)16-32-21-11-10-20(26)19-9-6-12-27-23(19)21/h6,9-12,17-18H,7-8,13-16H2,1-5H3. The Hall–Kier alpha value is -2.54. The fraction of sp³-hybridized carbons (Fsp3) is 0.560. The Balaban J connectivity index is 1.60. The monoisotopic (exact) mass is 475 g/mol. The Labute approximate surface area is 201 Å². The normalized spacial score (nSPS) is 16.7. The molecular formula is C25H34ClN3O4. The molecule has 1 aliphatic heterocycles. The van der Waals surface area contributed by atoms with E-state index < -0.39 is 5.60 Å². The van der Waals surface area contributed by atoms with Gasteiger partial charge in [-0.05, 0) is 77.6 Å². The molecule has 0 aliphatic carbocycles. The smallest absolute Gasteiger partial charge is 0.410 e. The van der Waals surface area contributed by atoms with Crippen molar-refractivity contribution < 1.29 is 19.1 Å². The molecule has 0 spiro atoms. The predicted octanol–water partition coefficient (Wildman–Crippen LogP) is 5.15. The van der Waals surface area contributed by atoms with Gasteiger partial charge in [0.15, 0.2) is 6.61 Å². The van der Waals surface area contributed by atoms with Crippen LogP contribution in [-0.4, -0.2) is 64.7 Å². The number of carbonyl (C=O) groups excluding carboxylic acids is 2. The second-order valence-electron chi connectivity index (χ2n) is 9.81. The molecule has 8 heteroatoms. The number of hydrogen-bond donors (Lipinski definition) is 0. The summed E-state index contributed by atoms with van der Waals surface area (Å²) >= 11 is 6.24. The van der Waals surface area contributed by atoms with Crippen LogP contribution in [-0.2, 0) is 9.53 Å². The third-order valence-corrected chi connectivity index (χ3v) is 5.94. The molecule has 0 N–H and O–H groups in total. The minimum absolute atomic E-state index is 0.0138. The van der Waals surface area contributed by atoms with Crippen molar-refractivity contribution in [3.8, 4) is 5.75 Å². The summed E-state index contributed by atoms with van der Waals surface area (Å²) in [4.78, 5) is 33.5. The maximum absolute atomic E-state index is 12.9. The summed E-state index contributed by atoms with van der Waals surface area (Å²) in [5, 5.41) is 1.38. The van der Waals surface area contributed by atoms with E-state index in [0.29, 0.717) is 35.9 Å². The van der Waals surface area contributed by atoms with Gasteiger partial charge in [0, 0.05) is 37.3 Å². The fourth-order valence-electron chi connectivity index (χ4n) is 3.99. The van der Waals surface area contributed by atoms with Gasteiger partial charge in [-0.3, -0.25) is 9.78 Å². The molecule has 7 nitrogen and oxygen atoms in total. The Bertz CT molecular complexity index is 989. The largest absolute Gasteiger partial charge is 0.481 e. The zero-order valence-corrected chi connectivity index (χ0v) is 20.9. The molecule has 0 bridgehead atoms. The molecule has 1 aromatic heterocycles. The van der Waals surface area contributed by atoms with Gasteiger partial charge in [-0.25, -0.2) is 4.79 Å². The van der Waals surface area contributed by atoms with Crippen LogP contribution >= 0.6 is 11.6 Å². The van der Waals surface area contributed by atoms with Crippen molar-refractivity contribution in [2.75, 3.05) is 26.2 Å². The summed E-state index contributed by atoms with van der Waals surface area (Å²) in [6.45, 7) is 11.3. The average Bonchev–Trinajstić information content (AvgIpc) is 2.76. The number of rotatable bonds is 6. The summed E-state index contributed by atoms with van der Waals surface area (Å²) in [5.74, 6) is 0.649. The van der Waals surface area contributed by atoms with E-state index in [9.17, 15) is 9.59 Å². The van der Waals surface area contributed by atoms with Crippen molar-refractivity contribution in [2.45, 2.75) is 59.1 Å². The maximum atomic E-state index is 12.9. The highest BCUT2D eigenvalue weighted by Gasteiger charge is 2.30. The van der Waals surface area contributed by atoms with Crippen molar-refractivity contribution in [3.05, 3.63) is 35.5 Å². The lowest BCUT2D eigenvalue weighted by Crippen LogP contribution is -2.48. The number of likely N-dealkylation sites (tertiary alicyclic amines) is 1. The third kappa shape index (κ3) is 6.73. The molecule has 2 amide bonds. The number of amides is 2. The Morgan fingerprint density at radius 1 is 1.27 bits per heavy atom. The molecule has 3 rings (SSSR count). The molecule has 33 heavy (non-hydrogen) atoms. The highest BCUT2D eigenvalue weighted by molar-refractivity contribution is 6.35. The quantitative estimate of drug-likeness (QED) is 0.577. The first kappa shape index (κ1) is 25.1. The van der Waals surface area contributed by atoms with E-state index in [4.69, 9.17) is 21.1 Å². The van der Waals surface area contributed by atoms with Crippen molar-refractivity contribution >= 4 is 34.5 Å².